The second-order valence-electron chi connectivity index (χ2n) is 4.16. The molecule has 4 heteroatoms. The van der Waals surface area contributed by atoms with Crippen molar-refractivity contribution in [2.75, 3.05) is 12.9 Å². The van der Waals surface area contributed by atoms with Crippen molar-refractivity contribution in [2.24, 2.45) is 0 Å². The summed E-state index contributed by atoms with van der Waals surface area (Å²) in [4.78, 5) is 0.306. The molecular formula is C15H15O3S. The van der Waals surface area contributed by atoms with E-state index in [0.717, 1.165) is 11.1 Å². The Morgan fingerprint density at radius 2 is 2.05 bits per heavy atom. The molecule has 0 N–H and O–H groups in total. The lowest BCUT2D eigenvalue weighted by Gasteiger charge is -2.10. The Morgan fingerprint density at radius 3 is 2.74 bits per heavy atom. The van der Waals surface area contributed by atoms with Crippen LogP contribution in [0.15, 0.2) is 47.4 Å². The van der Waals surface area contributed by atoms with Crippen LogP contribution in [0.4, 0.5) is 0 Å². The molecule has 0 atom stereocenters. The molecule has 0 aliphatic carbocycles. The summed E-state index contributed by atoms with van der Waals surface area (Å²) in [5.74, 6) is 0.704. The molecule has 2 aromatic carbocycles. The van der Waals surface area contributed by atoms with E-state index in [1.807, 2.05) is 19.1 Å². The van der Waals surface area contributed by atoms with Gasteiger partial charge in [-0.1, -0.05) is 24.3 Å². The summed E-state index contributed by atoms with van der Waals surface area (Å²) in [6.45, 7) is 2.46. The van der Waals surface area contributed by atoms with Crippen molar-refractivity contribution in [3.63, 3.8) is 0 Å². The average Bonchev–Trinajstić information content (AvgIpc) is 2.39. The maximum atomic E-state index is 11.6. The van der Waals surface area contributed by atoms with Gasteiger partial charge in [-0.3, -0.25) is 0 Å². The summed E-state index contributed by atoms with van der Waals surface area (Å²) in [6.07, 6.45) is 1.20. The maximum Gasteiger partial charge on any atom is 0.175 e. The van der Waals surface area contributed by atoms with Gasteiger partial charge in [0.15, 0.2) is 9.84 Å². The van der Waals surface area contributed by atoms with Crippen LogP contribution in [-0.2, 0) is 9.84 Å². The van der Waals surface area contributed by atoms with Gasteiger partial charge in [0.25, 0.3) is 0 Å². The molecule has 2 rings (SSSR count). The fourth-order valence-electron chi connectivity index (χ4n) is 1.82. The van der Waals surface area contributed by atoms with Crippen LogP contribution in [0.25, 0.3) is 11.1 Å². The molecular weight excluding hydrogens is 260 g/mol. The third kappa shape index (κ3) is 3.15. The van der Waals surface area contributed by atoms with E-state index >= 15 is 0 Å². The number of ether oxygens (including phenoxy) is 1. The Labute approximate surface area is 113 Å². The lowest BCUT2D eigenvalue weighted by atomic mass is 10.0. The SMILES string of the molecule is CCOc1c[c]ccc1-c1cccc(S(C)(=O)=O)c1. The lowest BCUT2D eigenvalue weighted by molar-refractivity contribution is 0.341. The van der Waals surface area contributed by atoms with Gasteiger partial charge in [0.1, 0.15) is 5.75 Å². The largest absolute Gasteiger partial charge is 0.493 e. The molecule has 0 fully saturated rings. The molecule has 0 saturated carbocycles. The average molecular weight is 275 g/mol. The number of rotatable bonds is 4. The second-order valence-corrected chi connectivity index (χ2v) is 6.17. The molecule has 0 saturated heterocycles. The second kappa shape index (κ2) is 5.45. The minimum atomic E-state index is -3.21. The zero-order valence-electron chi connectivity index (χ0n) is 10.9. The van der Waals surface area contributed by atoms with Gasteiger partial charge in [0, 0.05) is 11.8 Å². The van der Waals surface area contributed by atoms with Gasteiger partial charge in [0.05, 0.1) is 11.5 Å². The molecule has 3 nitrogen and oxygen atoms in total. The minimum Gasteiger partial charge on any atom is -0.493 e. The lowest BCUT2D eigenvalue weighted by Crippen LogP contribution is -1.98. The predicted molar refractivity (Wildman–Crippen MR) is 75.0 cm³/mol. The van der Waals surface area contributed by atoms with E-state index < -0.39 is 9.84 Å². The van der Waals surface area contributed by atoms with E-state index in [9.17, 15) is 8.42 Å². The molecule has 0 amide bonds. The third-order valence-electron chi connectivity index (χ3n) is 2.70. The van der Waals surface area contributed by atoms with Crippen molar-refractivity contribution < 1.29 is 13.2 Å². The summed E-state index contributed by atoms with van der Waals surface area (Å²) in [6, 6.07) is 15.2. The first kappa shape index (κ1) is 13.6. The maximum absolute atomic E-state index is 11.6. The molecule has 0 aromatic heterocycles. The van der Waals surface area contributed by atoms with Gasteiger partial charge in [-0.05, 0) is 36.8 Å². The van der Waals surface area contributed by atoms with Gasteiger partial charge < -0.3 is 4.74 Å². The van der Waals surface area contributed by atoms with Gasteiger partial charge in [-0.25, -0.2) is 8.42 Å². The van der Waals surface area contributed by atoms with Crippen LogP contribution < -0.4 is 4.74 Å². The molecule has 0 aliphatic rings. The van der Waals surface area contributed by atoms with E-state index in [1.165, 1.54) is 6.26 Å². The fourth-order valence-corrected chi connectivity index (χ4v) is 2.49. The molecule has 0 spiro atoms. The fraction of sp³-hybridized carbons (Fsp3) is 0.200. The molecule has 0 bridgehead atoms. The quantitative estimate of drug-likeness (QED) is 0.861. The summed E-state index contributed by atoms with van der Waals surface area (Å²) in [7, 11) is -3.21. The first-order chi connectivity index (χ1) is 9.02. The van der Waals surface area contributed by atoms with E-state index in [2.05, 4.69) is 6.07 Å². The van der Waals surface area contributed by atoms with Crippen molar-refractivity contribution in [1.82, 2.24) is 0 Å². The Balaban J connectivity index is 2.54. The van der Waals surface area contributed by atoms with E-state index in [0.29, 0.717) is 17.3 Å². The molecule has 0 aliphatic heterocycles. The first-order valence-electron chi connectivity index (χ1n) is 5.96. The number of benzene rings is 2. The van der Waals surface area contributed by atoms with Gasteiger partial charge in [-0.2, -0.15) is 0 Å². The van der Waals surface area contributed by atoms with Crippen molar-refractivity contribution in [3.05, 3.63) is 48.5 Å². The summed E-state index contributed by atoms with van der Waals surface area (Å²) >= 11 is 0. The Kier molecular flexibility index (Phi) is 3.90. The molecule has 2 aromatic rings. The standard InChI is InChI=1S/C15H15O3S/c1-3-18-15-10-5-4-9-14(15)12-7-6-8-13(11-12)19(2,16)17/h4,6-11H,3H2,1-2H3. The highest BCUT2D eigenvalue weighted by atomic mass is 32.2. The molecule has 0 heterocycles. The molecule has 0 unspecified atom stereocenters. The number of hydrogen-bond acceptors (Lipinski definition) is 3. The summed E-state index contributed by atoms with van der Waals surface area (Å²) < 4.78 is 28.7. The number of sulfone groups is 1. The van der Waals surface area contributed by atoms with Crippen LogP contribution >= 0.6 is 0 Å². The van der Waals surface area contributed by atoms with Crippen molar-refractivity contribution in [3.8, 4) is 16.9 Å². The zero-order valence-corrected chi connectivity index (χ0v) is 11.7. The van der Waals surface area contributed by atoms with E-state index in [-0.39, 0.29) is 0 Å². The normalized spacial score (nSPS) is 11.3. The molecule has 99 valence electrons. The first-order valence-corrected chi connectivity index (χ1v) is 7.85. The highest BCUT2D eigenvalue weighted by Gasteiger charge is 2.10. The monoisotopic (exact) mass is 275 g/mol. The van der Waals surface area contributed by atoms with Crippen LogP contribution in [0.2, 0.25) is 0 Å². The third-order valence-corrected chi connectivity index (χ3v) is 3.81. The van der Waals surface area contributed by atoms with Crippen molar-refractivity contribution in [2.45, 2.75) is 11.8 Å². The highest BCUT2D eigenvalue weighted by molar-refractivity contribution is 7.90. The van der Waals surface area contributed by atoms with Crippen LogP contribution in [0.5, 0.6) is 5.75 Å². The predicted octanol–water partition coefficient (Wildman–Crippen LogP) is 2.96. The van der Waals surface area contributed by atoms with Crippen LogP contribution in [0.3, 0.4) is 0 Å². The minimum absolute atomic E-state index is 0.306. The summed E-state index contributed by atoms with van der Waals surface area (Å²) in [5, 5.41) is 0. The molecule has 1 radical (unpaired) electrons. The zero-order chi connectivity index (χ0) is 13.9. The van der Waals surface area contributed by atoms with Gasteiger partial charge in [-0.15, -0.1) is 0 Å². The van der Waals surface area contributed by atoms with Gasteiger partial charge >= 0.3 is 0 Å². The Bertz CT molecular complexity index is 675. The van der Waals surface area contributed by atoms with Gasteiger partial charge in [0.2, 0.25) is 0 Å². The topological polar surface area (TPSA) is 43.4 Å². The highest BCUT2D eigenvalue weighted by Crippen LogP contribution is 2.30. The van der Waals surface area contributed by atoms with E-state index in [1.54, 1.807) is 30.3 Å². The van der Waals surface area contributed by atoms with E-state index in [4.69, 9.17) is 4.74 Å². The molecule has 19 heavy (non-hydrogen) atoms. The summed E-state index contributed by atoms with van der Waals surface area (Å²) in [5.41, 5.74) is 1.69. The smallest absolute Gasteiger partial charge is 0.175 e. The number of hydrogen-bond donors (Lipinski definition) is 0. The van der Waals surface area contributed by atoms with Crippen LogP contribution in [-0.4, -0.2) is 21.3 Å². The van der Waals surface area contributed by atoms with Crippen molar-refractivity contribution >= 4 is 9.84 Å². The van der Waals surface area contributed by atoms with Crippen LogP contribution in [0, 0.1) is 6.07 Å². The Hall–Kier alpha value is -1.81. The van der Waals surface area contributed by atoms with Crippen molar-refractivity contribution in [1.29, 1.82) is 0 Å². The Morgan fingerprint density at radius 1 is 1.26 bits per heavy atom. The van der Waals surface area contributed by atoms with Crippen LogP contribution in [0.1, 0.15) is 6.92 Å².